The zero-order valence-corrected chi connectivity index (χ0v) is 18.6. The Labute approximate surface area is 152 Å². The molecule has 0 unspecified atom stereocenters. The topological polar surface area (TPSA) is 28.7 Å². The van der Waals surface area contributed by atoms with Crippen molar-refractivity contribution < 1.29 is 0 Å². The summed E-state index contributed by atoms with van der Waals surface area (Å²) in [6, 6.07) is 9.60. The molecule has 3 heteroatoms. The number of aromatic amines is 1. The van der Waals surface area contributed by atoms with Crippen LogP contribution in [0.25, 0.3) is 11.1 Å². The van der Waals surface area contributed by atoms with Crippen molar-refractivity contribution in [2.24, 2.45) is 0 Å². The number of hydrogen-bond acceptors (Lipinski definition) is 1. The third-order valence-electron chi connectivity index (χ3n) is 5.36. The van der Waals surface area contributed by atoms with Gasteiger partial charge in [-0.1, -0.05) is 0 Å². The van der Waals surface area contributed by atoms with Gasteiger partial charge >= 0.3 is 153 Å². The van der Waals surface area contributed by atoms with Crippen LogP contribution < -0.4 is 3.58 Å². The Morgan fingerprint density at radius 1 is 0.792 bits per heavy atom. The first kappa shape index (κ1) is 19.6. The van der Waals surface area contributed by atoms with Crippen LogP contribution in [0, 0.1) is 0 Å². The molecular formula is C21H34N2Sn. The van der Waals surface area contributed by atoms with Gasteiger partial charge in [-0.3, -0.25) is 0 Å². The number of H-pyrrole nitrogens is 1. The fraction of sp³-hybridized carbons (Fsp3) is 0.571. The Morgan fingerprint density at radius 3 is 1.75 bits per heavy atom. The van der Waals surface area contributed by atoms with Crippen LogP contribution in [0.2, 0.25) is 13.3 Å². The van der Waals surface area contributed by atoms with E-state index in [4.69, 9.17) is 0 Å². The maximum atomic E-state index is 4.08. The van der Waals surface area contributed by atoms with Crippen LogP contribution in [0.1, 0.15) is 59.3 Å². The fourth-order valence-electron chi connectivity index (χ4n) is 3.78. The van der Waals surface area contributed by atoms with E-state index < -0.39 is 18.4 Å². The summed E-state index contributed by atoms with van der Waals surface area (Å²) in [4.78, 5) is 0. The molecule has 0 aliphatic heterocycles. The van der Waals surface area contributed by atoms with E-state index in [0.717, 1.165) is 0 Å². The molecule has 0 spiro atoms. The van der Waals surface area contributed by atoms with Crippen molar-refractivity contribution >= 4 is 22.0 Å². The van der Waals surface area contributed by atoms with Gasteiger partial charge < -0.3 is 0 Å². The van der Waals surface area contributed by atoms with Gasteiger partial charge in [-0.15, -0.1) is 0 Å². The summed E-state index contributed by atoms with van der Waals surface area (Å²) in [5.41, 5.74) is 2.48. The van der Waals surface area contributed by atoms with Crippen LogP contribution in [0.3, 0.4) is 0 Å². The molecule has 0 amide bonds. The minimum absolute atomic E-state index is 1.19. The zero-order valence-electron chi connectivity index (χ0n) is 15.8. The number of hydrogen-bond donors (Lipinski definition) is 1. The van der Waals surface area contributed by atoms with Crippen molar-refractivity contribution in [3.63, 3.8) is 0 Å². The Bertz CT molecular complexity index is 538. The van der Waals surface area contributed by atoms with Gasteiger partial charge in [0.05, 0.1) is 0 Å². The SMILES string of the molecule is CCC[CH2][Sn]([CH2]CCC)([CH2]CCC)[c]1ccc(-c2cn[nH]c2)cc1. The van der Waals surface area contributed by atoms with Gasteiger partial charge in [-0.05, 0) is 0 Å². The van der Waals surface area contributed by atoms with E-state index in [2.05, 4.69) is 55.2 Å². The Hall–Kier alpha value is -0.771. The molecule has 2 aromatic rings. The van der Waals surface area contributed by atoms with Crippen molar-refractivity contribution in [2.75, 3.05) is 0 Å². The second-order valence-electron chi connectivity index (χ2n) is 7.16. The molecule has 0 aliphatic carbocycles. The van der Waals surface area contributed by atoms with Crippen LogP contribution in [-0.4, -0.2) is 28.6 Å². The summed E-state index contributed by atoms with van der Waals surface area (Å²) in [5, 5.41) is 7.00. The Balaban J connectivity index is 2.28. The second-order valence-corrected chi connectivity index (χ2v) is 20.4. The van der Waals surface area contributed by atoms with E-state index in [1.54, 1.807) is 3.58 Å². The van der Waals surface area contributed by atoms with Gasteiger partial charge in [-0.2, -0.15) is 0 Å². The molecule has 0 radical (unpaired) electrons. The summed E-state index contributed by atoms with van der Waals surface area (Å²) in [7, 11) is 0. The predicted molar refractivity (Wildman–Crippen MR) is 109 cm³/mol. The van der Waals surface area contributed by atoms with Gasteiger partial charge in [0, 0.05) is 0 Å². The molecule has 0 saturated carbocycles. The molecule has 1 aromatic carbocycles. The summed E-state index contributed by atoms with van der Waals surface area (Å²) in [6.45, 7) is 7.04. The van der Waals surface area contributed by atoms with Gasteiger partial charge in [0.25, 0.3) is 0 Å². The summed E-state index contributed by atoms with van der Waals surface area (Å²) in [6.07, 6.45) is 12.2. The molecule has 0 aliphatic rings. The van der Waals surface area contributed by atoms with E-state index in [1.807, 2.05) is 12.4 Å². The fourth-order valence-corrected chi connectivity index (χ4v) is 19.7. The van der Waals surface area contributed by atoms with Crippen molar-refractivity contribution in [3.05, 3.63) is 36.7 Å². The molecule has 0 saturated heterocycles. The molecule has 1 N–H and O–H groups in total. The third kappa shape index (κ3) is 5.11. The van der Waals surface area contributed by atoms with Crippen LogP contribution in [0.5, 0.6) is 0 Å². The van der Waals surface area contributed by atoms with Crippen LogP contribution in [-0.2, 0) is 0 Å². The Kier molecular flexibility index (Phi) is 8.37. The van der Waals surface area contributed by atoms with Crippen molar-refractivity contribution in [2.45, 2.75) is 72.6 Å². The van der Waals surface area contributed by atoms with Gasteiger partial charge in [-0.25, -0.2) is 0 Å². The number of nitrogens with one attached hydrogen (secondary N) is 1. The predicted octanol–water partition coefficient (Wildman–Crippen LogP) is 6.13. The first-order chi connectivity index (χ1) is 11.8. The number of rotatable bonds is 11. The normalized spacial score (nSPS) is 11.8. The van der Waals surface area contributed by atoms with Crippen LogP contribution >= 0.6 is 0 Å². The van der Waals surface area contributed by atoms with E-state index in [0.29, 0.717) is 0 Å². The summed E-state index contributed by atoms with van der Waals surface area (Å²) < 4.78 is 6.37. The zero-order chi connectivity index (χ0) is 17.3. The molecule has 0 atom stereocenters. The van der Waals surface area contributed by atoms with Gasteiger partial charge in [0.2, 0.25) is 0 Å². The number of benzene rings is 1. The van der Waals surface area contributed by atoms with Crippen LogP contribution in [0.15, 0.2) is 36.7 Å². The molecule has 1 heterocycles. The number of aromatic nitrogens is 2. The van der Waals surface area contributed by atoms with E-state index in [1.165, 1.54) is 63.0 Å². The first-order valence-corrected chi connectivity index (χ1v) is 17.3. The molecular weight excluding hydrogens is 399 g/mol. The average molecular weight is 433 g/mol. The quantitative estimate of drug-likeness (QED) is 0.425. The van der Waals surface area contributed by atoms with E-state index in [-0.39, 0.29) is 0 Å². The maximum absolute atomic E-state index is 4.08. The summed E-state index contributed by atoms with van der Waals surface area (Å²) in [5.74, 6) is 0. The molecule has 2 nitrogen and oxygen atoms in total. The van der Waals surface area contributed by atoms with Crippen molar-refractivity contribution in [1.29, 1.82) is 0 Å². The molecule has 0 bridgehead atoms. The molecule has 0 fully saturated rings. The minimum atomic E-state index is -2.26. The monoisotopic (exact) mass is 434 g/mol. The third-order valence-corrected chi connectivity index (χ3v) is 21.0. The summed E-state index contributed by atoms with van der Waals surface area (Å²) >= 11 is -2.26. The van der Waals surface area contributed by atoms with E-state index >= 15 is 0 Å². The molecule has 1 aromatic heterocycles. The Morgan fingerprint density at radius 2 is 1.33 bits per heavy atom. The van der Waals surface area contributed by atoms with Crippen LogP contribution in [0.4, 0.5) is 0 Å². The number of nitrogens with zero attached hydrogens (tertiary/aromatic N) is 1. The van der Waals surface area contributed by atoms with Gasteiger partial charge in [0.1, 0.15) is 0 Å². The molecule has 2 rings (SSSR count). The number of unbranched alkanes of at least 4 members (excludes halogenated alkanes) is 3. The standard InChI is InChI=1S/C9H7N2.3C4H9.Sn/c1-2-4-8(5-3-1)9-6-10-11-7-9;3*1-3-4-2;/h2-7H,(H,10,11);3*1,3-4H2,2H3;. The van der Waals surface area contributed by atoms with E-state index in [9.17, 15) is 0 Å². The van der Waals surface area contributed by atoms with Gasteiger partial charge in [0.15, 0.2) is 0 Å². The molecule has 132 valence electrons. The van der Waals surface area contributed by atoms with Crippen molar-refractivity contribution in [1.82, 2.24) is 10.2 Å². The first-order valence-electron chi connectivity index (χ1n) is 9.85. The average Bonchev–Trinajstić information content (AvgIpc) is 3.16. The second kappa shape index (κ2) is 10.3. The molecule has 24 heavy (non-hydrogen) atoms. The van der Waals surface area contributed by atoms with Crippen molar-refractivity contribution in [3.8, 4) is 11.1 Å².